The van der Waals surface area contributed by atoms with Gasteiger partial charge in [-0.05, 0) is 59.0 Å². The largest absolute Gasteiger partial charge is 0.324 e. The van der Waals surface area contributed by atoms with Gasteiger partial charge in [0.15, 0.2) is 0 Å². The molecule has 0 radical (unpaired) electrons. The Bertz CT molecular complexity index is 442. The molecule has 3 N–H and O–H groups in total. The molecular formula is C12H16BrFN2OS. The topological polar surface area (TPSA) is 55.1 Å². The smallest absolute Gasteiger partial charge is 0.241 e. The second-order valence-electron chi connectivity index (χ2n) is 3.96. The van der Waals surface area contributed by atoms with Crippen LogP contribution in [0, 0.1) is 12.7 Å². The quantitative estimate of drug-likeness (QED) is 0.870. The number of nitrogens with two attached hydrogens (primary N) is 1. The van der Waals surface area contributed by atoms with Gasteiger partial charge in [0.2, 0.25) is 5.91 Å². The number of carbonyl (C=O) groups excluding carboxylic acids is 1. The summed E-state index contributed by atoms with van der Waals surface area (Å²) < 4.78 is 13.6. The summed E-state index contributed by atoms with van der Waals surface area (Å²) in [6, 6.07) is 2.37. The maximum absolute atomic E-state index is 13.2. The summed E-state index contributed by atoms with van der Waals surface area (Å²) in [4.78, 5) is 11.8. The zero-order valence-electron chi connectivity index (χ0n) is 10.3. The van der Waals surface area contributed by atoms with Crippen molar-refractivity contribution in [1.29, 1.82) is 0 Å². The van der Waals surface area contributed by atoms with Crippen LogP contribution in [-0.2, 0) is 4.79 Å². The normalized spacial score (nSPS) is 12.3. The number of nitrogens with one attached hydrogen (secondary N) is 1. The Morgan fingerprint density at radius 2 is 2.28 bits per heavy atom. The maximum atomic E-state index is 13.2. The number of amides is 1. The van der Waals surface area contributed by atoms with Gasteiger partial charge >= 0.3 is 0 Å². The van der Waals surface area contributed by atoms with E-state index in [9.17, 15) is 9.18 Å². The maximum Gasteiger partial charge on any atom is 0.241 e. The molecule has 0 fully saturated rings. The van der Waals surface area contributed by atoms with Crippen molar-refractivity contribution in [3.05, 3.63) is 28.0 Å². The fourth-order valence-electron chi connectivity index (χ4n) is 1.38. The first-order valence-corrected chi connectivity index (χ1v) is 7.65. The van der Waals surface area contributed by atoms with Crippen LogP contribution in [0.15, 0.2) is 16.6 Å². The van der Waals surface area contributed by atoms with Crippen molar-refractivity contribution in [1.82, 2.24) is 0 Å². The van der Waals surface area contributed by atoms with Crippen molar-refractivity contribution < 1.29 is 9.18 Å². The van der Waals surface area contributed by atoms with Crippen LogP contribution in [0.1, 0.15) is 12.0 Å². The minimum Gasteiger partial charge on any atom is -0.324 e. The molecule has 0 aromatic heterocycles. The summed E-state index contributed by atoms with van der Waals surface area (Å²) in [7, 11) is 0. The predicted octanol–water partition coefficient (Wildman–Crippen LogP) is 2.92. The number of aryl methyl sites for hydroxylation is 1. The summed E-state index contributed by atoms with van der Waals surface area (Å²) >= 11 is 4.73. The summed E-state index contributed by atoms with van der Waals surface area (Å²) in [5.74, 6) is 0.239. The first-order valence-electron chi connectivity index (χ1n) is 5.46. The Kier molecular flexibility index (Phi) is 6.11. The van der Waals surface area contributed by atoms with Crippen molar-refractivity contribution in [3.8, 4) is 0 Å². The van der Waals surface area contributed by atoms with Crippen LogP contribution in [0.3, 0.4) is 0 Å². The van der Waals surface area contributed by atoms with Gasteiger partial charge in [0.05, 0.1) is 10.5 Å². The molecule has 100 valence electrons. The lowest BCUT2D eigenvalue weighted by atomic mass is 10.1. The van der Waals surface area contributed by atoms with E-state index in [1.165, 1.54) is 6.07 Å². The molecule has 1 aromatic carbocycles. The van der Waals surface area contributed by atoms with Gasteiger partial charge < -0.3 is 11.1 Å². The van der Waals surface area contributed by atoms with E-state index in [0.717, 1.165) is 5.75 Å². The molecule has 6 heteroatoms. The van der Waals surface area contributed by atoms with Crippen LogP contribution in [0.5, 0.6) is 0 Å². The second kappa shape index (κ2) is 7.11. The van der Waals surface area contributed by atoms with Gasteiger partial charge in [-0.25, -0.2) is 4.39 Å². The zero-order chi connectivity index (χ0) is 13.7. The number of benzene rings is 1. The first kappa shape index (κ1) is 15.5. The molecule has 0 aliphatic heterocycles. The van der Waals surface area contributed by atoms with Gasteiger partial charge in [0.1, 0.15) is 5.82 Å². The monoisotopic (exact) mass is 334 g/mol. The molecule has 0 saturated carbocycles. The summed E-state index contributed by atoms with van der Waals surface area (Å²) in [6.45, 7) is 1.73. The summed E-state index contributed by atoms with van der Waals surface area (Å²) in [6.07, 6.45) is 2.58. The number of halogens is 2. The predicted molar refractivity (Wildman–Crippen MR) is 78.4 cm³/mol. The SMILES string of the molecule is CSCC[C@H](N)C(=O)Nc1cc(Br)c(F)cc1C. The van der Waals surface area contributed by atoms with Crippen molar-refractivity contribution in [2.24, 2.45) is 5.73 Å². The molecule has 0 bridgehead atoms. The highest BCUT2D eigenvalue weighted by atomic mass is 79.9. The lowest BCUT2D eigenvalue weighted by molar-refractivity contribution is -0.117. The molecule has 0 spiro atoms. The molecule has 0 heterocycles. The molecule has 1 amide bonds. The lowest BCUT2D eigenvalue weighted by Crippen LogP contribution is -2.36. The molecule has 1 atom stereocenters. The average molecular weight is 335 g/mol. The van der Waals surface area contributed by atoms with Gasteiger partial charge in [0.25, 0.3) is 0 Å². The molecule has 1 aromatic rings. The Morgan fingerprint density at radius 3 is 2.89 bits per heavy atom. The summed E-state index contributed by atoms with van der Waals surface area (Å²) in [5.41, 5.74) is 7.00. The fourth-order valence-corrected chi connectivity index (χ4v) is 2.22. The molecule has 3 nitrogen and oxygen atoms in total. The van der Waals surface area contributed by atoms with Crippen LogP contribution in [0.4, 0.5) is 10.1 Å². The average Bonchev–Trinajstić information content (AvgIpc) is 2.32. The number of anilines is 1. The lowest BCUT2D eigenvalue weighted by Gasteiger charge is -2.13. The van der Waals surface area contributed by atoms with Crippen molar-refractivity contribution in [2.45, 2.75) is 19.4 Å². The minimum absolute atomic E-state index is 0.245. The van der Waals surface area contributed by atoms with Crippen LogP contribution in [0.25, 0.3) is 0 Å². The van der Waals surface area contributed by atoms with E-state index in [1.54, 1.807) is 24.8 Å². The Balaban J connectivity index is 2.72. The molecule has 0 saturated heterocycles. The highest BCUT2D eigenvalue weighted by Crippen LogP contribution is 2.24. The van der Waals surface area contributed by atoms with Gasteiger partial charge in [-0.3, -0.25) is 4.79 Å². The molecule has 18 heavy (non-hydrogen) atoms. The van der Waals surface area contributed by atoms with Gasteiger partial charge in [0, 0.05) is 5.69 Å². The summed E-state index contributed by atoms with van der Waals surface area (Å²) in [5, 5.41) is 2.72. The molecule has 0 aliphatic rings. The number of hydrogen-bond donors (Lipinski definition) is 2. The van der Waals surface area contributed by atoms with E-state index in [4.69, 9.17) is 5.73 Å². The number of carbonyl (C=O) groups is 1. The highest BCUT2D eigenvalue weighted by molar-refractivity contribution is 9.10. The third kappa shape index (κ3) is 4.26. The van der Waals surface area contributed by atoms with Crippen LogP contribution >= 0.6 is 27.7 Å². The minimum atomic E-state index is -0.541. The third-order valence-corrected chi connectivity index (χ3v) is 3.75. The van der Waals surface area contributed by atoms with Gasteiger partial charge in [-0.2, -0.15) is 11.8 Å². The second-order valence-corrected chi connectivity index (χ2v) is 5.80. The van der Waals surface area contributed by atoms with E-state index in [1.807, 2.05) is 6.26 Å². The molecule has 1 rings (SSSR count). The highest BCUT2D eigenvalue weighted by Gasteiger charge is 2.15. The van der Waals surface area contributed by atoms with Gasteiger partial charge in [-0.1, -0.05) is 0 Å². The Hall–Kier alpha value is -0.590. The van der Waals surface area contributed by atoms with E-state index in [2.05, 4.69) is 21.2 Å². The number of hydrogen-bond acceptors (Lipinski definition) is 3. The van der Waals surface area contributed by atoms with E-state index < -0.39 is 6.04 Å². The number of thioether (sulfide) groups is 1. The Labute approximate surface area is 119 Å². The van der Waals surface area contributed by atoms with Crippen molar-refractivity contribution >= 4 is 39.3 Å². The first-order chi connectivity index (χ1) is 8.45. The standard InChI is InChI=1S/C12H16BrFN2OS/c1-7-5-9(14)8(13)6-11(7)16-12(17)10(15)3-4-18-2/h5-6,10H,3-4,15H2,1-2H3,(H,16,17)/t10-/m0/s1. The van der Waals surface area contributed by atoms with E-state index in [-0.39, 0.29) is 11.7 Å². The van der Waals surface area contributed by atoms with Crippen LogP contribution < -0.4 is 11.1 Å². The van der Waals surface area contributed by atoms with Crippen LogP contribution in [-0.4, -0.2) is 24.0 Å². The zero-order valence-corrected chi connectivity index (χ0v) is 12.7. The van der Waals surface area contributed by atoms with Crippen molar-refractivity contribution in [3.63, 3.8) is 0 Å². The Morgan fingerprint density at radius 1 is 1.61 bits per heavy atom. The van der Waals surface area contributed by atoms with E-state index in [0.29, 0.717) is 22.1 Å². The third-order valence-electron chi connectivity index (χ3n) is 2.49. The van der Waals surface area contributed by atoms with Crippen molar-refractivity contribution in [2.75, 3.05) is 17.3 Å². The molecular weight excluding hydrogens is 319 g/mol. The number of rotatable bonds is 5. The van der Waals surface area contributed by atoms with Gasteiger partial charge in [-0.15, -0.1) is 0 Å². The molecule has 0 aliphatic carbocycles. The fraction of sp³-hybridized carbons (Fsp3) is 0.417. The van der Waals surface area contributed by atoms with E-state index >= 15 is 0 Å². The molecule has 0 unspecified atom stereocenters. The van der Waals surface area contributed by atoms with Crippen LogP contribution in [0.2, 0.25) is 0 Å².